The van der Waals surface area contributed by atoms with Crippen LogP contribution in [0.1, 0.15) is 73.2 Å². The van der Waals surface area contributed by atoms with Crippen molar-refractivity contribution in [3.05, 3.63) is 114 Å². The molecule has 16 nitrogen and oxygen atoms in total. The summed E-state index contributed by atoms with van der Waals surface area (Å²) in [5.41, 5.74) is 5.13. The summed E-state index contributed by atoms with van der Waals surface area (Å²) in [4.78, 5) is 65.4. The number of para-hydroxylation sites is 1. The Bertz CT molecular complexity index is 2800. The molecule has 350 valence electrons. The molecular formula is C46H50Cl2N12O4S3. The molecule has 0 spiro atoms. The van der Waals surface area contributed by atoms with Crippen molar-refractivity contribution in [2.24, 2.45) is 4.99 Å². The maximum atomic E-state index is 13.9. The van der Waals surface area contributed by atoms with Crippen LogP contribution in [0.2, 0.25) is 10.0 Å². The number of thiazole rings is 1. The molecule has 6 aromatic rings. The first kappa shape index (κ1) is 48.0. The fraction of sp³-hybridized carbons (Fsp3) is 0.370. The van der Waals surface area contributed by atoms with Crippen molar-refractivity contribution < 1.29 is 19.1 Å². The van der Waals surface area contributed by atoms with E-state index in [-0.39, 0.29) is 24.8 Å². The van der Waals surface area contributed by atoms with Gasteiger partial charge in [0.25, 0.3) is 5.91 Å². The molecule has 0 saturated carbocycles. The second kappa shape index (κ2) is 21.2. The molecule has 2 atom stereocenters. The van der Waals surface area contributed by atoms with Crippen LogP contribution >= 0.6 is 57.6 Å². The number of carbonyl (C=O) groups is 3. The molecule has 6 heterocycles. The summed E-state index contributed by atoms with van der Waals surface area (Å²) < 4.78 is 7.83. The van der Waals surface area contributed by atoms with Gasteiger partial charge in [-0.25, -0.2) is 19.7 Å². The van der Waals surface area contributed by atoms with Crippen molar-refractivity contribution in [3.8, 4) is 5.00 Å². The number of esters is 1. The van der Waals surface area contributed by atoms with Gasteiger partial charge in [0.15, 0.2) is 11.0 Å². The Labute approximate surface area is 411 Å². The number of hydrogen-bond acceptors (Lipinski definition) is 16. The molecule has 2 aromatic carbocycles. The van der Waals surface area contributed by atoms with Crippen LogP contribution in [-0.2, 0) is 14.3 Å². The number of rotatable bonds is 16. The van der Waals surface area contributed by atoms with Crippen molar-refractivity contribution in [2.45, 2.75) is 59.5 Å². The Kier molecular flexibility index (Phi) is 15.2. The third-order valence-corrected chi connectivity index (χ3v) is 14.9. The minimum Gasteiger partial charge on any atom is -0.463 e. The number of anilines is 4. The summed E-state index contributed by atoms with van der Waals surface area (Å²) in [6, 6.07) is 13.4. The fourth-order valence-electron chi connectivity index (χ4n) is 7.91. The standard InChI is InChI=1S/C46H50Cl2N12O4S3/c1-25-8-7-9-32(48)40(25)55-43(62)35-24-49-46(67-35)54-36-23-37(51-28(4)50-36)59-17-15-58(16-18-59)19-20-64-45(63)33(14-21-65-6)52-38(61)22-34-42-57-56-29(5)60(42)44-39(26(2)27(3)66-44)41(53-34)30-10-12-31(47)13-11-30/h7-13,23-24,33-34H,14-22H2,1-6H3,(H,52,61)(H,55,62)(H,49,50,51,54)/t33-,34-/m0/s1. The monoisotopic (exact) mass is 1000 g/mol. The van der Waals surface area contributed by atoms with Gasteiger partial charge in [-0.15, -0.1) is 21.5 Å². The lowest BCUT2D eigenvalue weighted by Crippen LogP contribution is -2.48. The number of nitrogens with zero attached hydrogens (tertiary/aromatic N) is 9. The number of aliphatic imine (C=N–C) groups is 1. The Morgan fingerprint density at radius 1 is 0.970 bits per heavy atom. The lowest BCUT2D eigenvalue weighted by Gasteiger charge is -2.35. The molecule has 2 aliphatic heterocycles. The molecule has 2 aliphatic rings. The summed E-state index contributed by atoms with van der Waals surface area (Å²) >= 11 is 17.0. The third-order valence-electron chi connectivity index (χ3n) is 11.6. The Hall–Kier alpha value is -5.44. The third kappa shape index (κ3) is 11.1. The van der Waals surface area contributed by atoms with Crippen LogP contribution in [0.15, 0.2) is 59.7 Å². The number of aryl methyl sites for hydroxylation is 4. The van der Waals surface area contributed by atoms with E-state index in [1.54, 1.807) is 29.2 Å². The molecule has 21 heteroatoms. The van der Waals surface area contributed by atoms with Crippen molar-refractivity contribution in [1.29, 1.82) is 0 Å². The molecule has 2 amide bonds. The van der Waals surface area contributed by atoms with Crippen LogP contribution in [0, 0.1) is 34.6 Å². The number of carbonyl (C=O) groups excluding carboxylic acids is 3. The van der Waals surface area contributed by atoms with Gasteiger partial charge in [-0.1, -0.05) is 58.8 Å². The van der Waals surface area contributed by atoms with E-state index in [2.05, 4.69) is 59.8 Å². The number of benzene rings is 2. The molecule has 8 rings (SSSR count). The average molecular weight is 1000 g/mol. The first-order chi connectivity index (χ1) is 32.3. The van der Waals surface area contributed by atoms with E-state index in [9.17, 15) is 14.4 Å². The van der Waals surface area contributed by atoms with Gasteiger partial charge < -0.3 is 25.6 Å². The predicted molar refractivity (Wildman–Crippen MR) is 269 cm³/mol. The fourth-order valence-corrected chi connectivity index (χ4v) is 10.7. The highest BCUT2D eigenvalue weighted by molar-refractivity contribution is 7.98. The highest BCUT2D eigenvalue weighted by Crippen LogP contribution is 2.40. The van der Waals surface area contributed by atoms with E-state index in [0.29, 0.717) is 80.8 Å². The highest BCUT2D eigenvalue weighted by Gasteiger charge is 2.34. The SMILES string of the molecule is CSCC[C@H](NC(=O)C[C@@H]1N=C(c2ccc(Cl)cc2)c2c(sc(C)c2C)-n2c(C)nnc21)C(=O)OCCN1CCN(c2cc(Nc3ncc(C(=O)Nc4c(C)cccc4Cl)s3)nc(C)n2)CC1. The number of fused-ring (bicyclic) bond motifs is 3. The lowest BCUT2D eigenvalue weighted by atomic mass is 9.99. The van der Waals surface area contributed by atoms with Gasteiger partial charge in [0.1, 0.15) is 51.9 Å². The lowest BCUT2D eigenvalue weighted by molar-refractivity contribution is -0.148. The van der Waals surface area contributed by atoms with Crippen molar-refractivity contribution in [1.82, 2.24) is 39.9 Å². The van der Waals surface area contributed by atoms with Gasteiger partial charge in [0, 0.05) is 59.8 Å². The molecule has 0 aliphatic carbocycles. The van der Waals surface area contributed by atoms with Gasteiger partial charge in [0.2, 0.25) is 5.91 Å². The first-order valence-electron chi connectivity index (χ1n) is 21.7. The van der Waals surface area contributed by atoms with Gasteiger partial charge in [-0.05, 0) is 82.4 Å². The smallest absolute Gasteiger partial charge is 0.328 e. The van der Waals surface area contributed by atoms with Gasteiger partial charge in [-0.3, -0.25) is 24.0 Å². The molecule has 0 unspecified atom stereocenters. The minimum atomic E-state index is -0.831. The summed E-state index contributed by atoms with van der Waals surface area (Å²) in [5.74, 6) is 2.72. The minimum absolute atomic E-state index is 0.0471. The Morgan fingerprint density at radius 3 is 2.49 bits per heavy atom. The van der Waals surface area contributed by atoms with E-state index in [0.717, 1.165) is 56.8 Å². The molecule has 1 saturated heterocycles. The number of nitrogens with one attached hydrogen (secondary N) is 3. The molecule has 67 heavy (non-hydrogen) atoms. The van der Waals surface area contributed by atoms with Crippen LogP contribution in [0.4, 0.5) is 22.5 Å². The number of ether oxygens (including phenoxy) is 1. The normalized spacial score (nSPS) is 15.3. The Balaban J connectivity index is 0.852. The number of halogens is 2. The van der Waals surface area contributed by atoms with Crippen LogP contribution in [0.3, 0.4) is 0 Å². The average Bonchev–Trinajstić information content (AvgIpc) is 3.99. The highest BCUT2D eigenvalue weighted by atomic mass is 35.5. The zero-order chi connectivity index (χ0) is 47.4. The van der Waals surface area contributed by atoms with Crippen LogP contribution in [-0.4, -0.2) is 115 Å². The van der Waals surface area contributed by atoms with Gasteiger partial charge >= 0.3 is 5.97 Å². The van der Waals surface area contributed by atoms with E-state index in [4.69, 9.17) is 37.9 Å². The molecular weight excluding hydrogens is 952 g/mol. The number of piperazine rings is 1. The van der Waals surface area contributed by atoms with E-state index < -0.39 is 18.1 Å². The van der Waals surface area contributed by atoms with E-state index in [1.165, 1.54) is 17.5 Å². The number of thioether (sulfide) groups is 1. The maximum absolute atomic E-state index is 13.9. The number of hydrogen-bond donors (Lipinski definition) is 3. The summed E-state index contributed by atoms with van der Waals surface area (Å²) in [6.07, 6.45) is 3.85. The molecule has 1 fully saturated rings. The van der Waals surface area contributed by atoms with Crippen LogP contribution < -0.4 is 20.9 Å². The molecule has 4 aromatic heterocycles. The molecule has 0 radical (unpaired) electrons. The number of amides is 2. The van der Waals surface area contributed by atoms with Crippen molar-refractivity contribution in [2.75, 3.05) is 66.9 Å². The first-order valence-corrected chi connectivity index (χ1v) is 25.5. The zero-order valence-electron chi connectivity index (χ0n) is 37.9. The predicted octanol–water partition coefficient (Wildman–Crippen LogP) is 8.31. The number of thiophene rings is 1. The second-order valence-electron chi connectivity index (χ2n) is 16.2. The van der Waals surface area contributed by atoms with Gasteiger partial charge in [0.05, 0.1) is 29.0 Å². The maximum Gasteiger partial charge on any atom is 0.328 e. The van der Waals surface area contributed by atoms with Crippen LogP contribution in [0.5, 0.6) is 0 Å². The molecule has 0 bridgehead atoms. The van der Waals surface area contributed by atoms with Crippen LogP contribution in [0.25, 0.3) is 5.00 Å². The van der Waals surface area contributed by atoms with Crippen molar-refractivity contribution in [3.63, 3.8) is 0 Å². The molecule has 3 N–H and O–H groups in total. The van der Waals surface area contributed by atoms with E-state index >= 15 is 0 Å². The second-order valence-corrected chi connectivity index (χ2v) is 20.3. The Morgan fingerprint density at radius 2 is 1.75 bits per heavy atom. The number of aromatic nitrogens is 6. The van der Waals surface area contributed by atoms with Crippen molar-refractivity contribution >= 4 is 104 Å². The topological polar surface area (TPSA) is 185 Å². The summed E-state index contributed by atoms with van der Waals surface area (Å²) in [7, 11) is 0. The summed E-state index contributed by atoms with van der Waals surface area (Å²) in [6.45, 7) is 13.3. The summed E-state index contributed by atoms with van der Waals surface area (Å²) in [5, 5.41) is 20.6. The van der Waals surface area contributed by atoms with E-state index in [1.807, 2.05) is 74.1 Å². The van der Waals surface area contributed by atoms with Gasteiger partial charge in [-0.2, -0.15) is 11.8 Å². The largest absolute Gasteiger partial charge is 0.463 e. The quantitative estimate of drug-likeness (QED) is 0.0788. The zero-order valence-corrected chi connectivity index (χ0v) is 41.8.